The largest absolute Gasteiger partial charge is 0.493 e. The van der Waals surface area contributed by atoms with E-state index in [2.05, 4.69) is 6.58 Å². The van der Waals surface area contributed by atoms with Crippen molar-refractivity contribution in [2.24, 2.45) is 0 Å². The van der Waals surface area contributed by atoms with Gasteiger partial charge in [0.1, 0.15) is 12.2 Å². The van der Waals surface area contributed by atoms with Crippen LogP contribution in [0, 0.1) is 0 Å². The van der Waals surface area contributed by atoms with Gasteiger partial charge in [-0.15, -0.1) is 6.58 Å². The van der Waals surface area contributed by atoms with Crippen molar-refractivity contribution in [1.82, 2.24) is 0 Å². The molecule has 3 atom stereocenters. The van der Waals surface area contributed by atoms with Gasteiger partial charge in [0.25, 0.3) is 0 Å². The maximum atomic E-state index is 6.48. The lowest BCUT2D eigenvalue weighted by Gasteiger charge is -2.32. The van der Waals surface area contributed by atoms with Gasteiger partial charge in [-0.2, -0.15) is 0 Å². The zero-order valence-electron chi connectivity index (χ0n) is 21.9. The van der Waals surface area contributed by atoms with Crippen LogP contribution in [0.2, 0.25) is 0 Å². The fourth-order valence-corrected chi connectivity index (χ4v) is 4.13. The first-order valence-electron chi connectivity index (χ1n) is 12.1. The van der Waals surface area contributed by atoms with Crippen LogP contribution in [-0.2, 0) is 20.6 Å². The number of hydrogen-bond acceptors (Lipinski definition) is 8. The maximum Gasteiger partial charge on any atom is 0.203 e. The molecule has 0 N–H and O–H groups in total. The molecule has 8 nitrogen and oxygen atoms in total. The van der Waals surface area contributed by atoms with Gasteiger partial charge in [-0.25, -0.2) is 0 Å². The van der Waals surface area contributed by atoms with Crippen molar-refractivity contribution in [3.8, 4) is 28.7 Å². The van der Waals surface area contributed by atoms with Crippen LogP contribution in [0.4, 0.5) is 0 Å². The standard InChI is InChI=1S/C28H38O8/c1-7-10-20-15-24(31-5)28(25(16-20)32-6)35-19(2)27(36-26-11-8-9-14-33-26)21-12-13-22(34-18-29-3)23(17-21)30-4/h7,12-13,15-17,19,26-27H,1,8-11,14,18H2,2-6H3/t19-,26?,27-/m0/s1. The normalized spacial score (nSPS) is 17.1. The Morgan fingerprint density at radius 2 is 1.69 bits per heavy atom. The van der Waals surface area contributed by atoms with E-state index in [1.54, 1.807) is 28.4 Å². The Morgan fingerprint density at radius 3 is 2.28 bits per heavy atom. The molecule has 0 radical (unpaired) electrons. The van der Waals surface area contributed by atoms with Crippen LogP contribution < -0.4 is 23.7 Å². The summed E-state index contributed by atoms with van der Waals surface area (Å²) in [4.78, 5) is 0. The van der Waals surface area contributed by atoms with Gasteiger partial charge >= 0.3 is 0 Å². The first-order chi connectivity index (χ1) is 17.5. The van der Waals surface area contributed by atoms with E-state index in [-0.39, 0.29) is 13.1 Å². The zero-order valence-corrected chi connectivity index (χ0v) is 21.9. The number of benzene rings is 2. The highest BCUT2D eigenvalue weighted by molar-refractivity contribution is 5.54. The molecule has 1 heterocycles. The van der Waals surface area contributed by atoms with Crippen LogP contribution in [-0.4, -0.2) is 54.2 Å². The fraction of sp³-hybridized carbons (Fsp3) is 0.500. The molecule has 2 aromatic rings. The van der Waals surface area contributed by atoms with Crippen molar-refractivity contribution in [3.63, 3.8) is 0 Å². The molecular weight excluding hydrogens is 464 g/mol. The van der Waals surface area contributed by atoms with Crippen LogP contribution in [0.5, 0.6) is 28.7 Å². The third-order valence-corrected chi connectivity index (χ3v) is 5.92. The van der Waals surface area contributed by atoms with Gasteiger partial charge in [-0.05, 0) is 68.0 Å². The van der Waals surface area contributed by atoms with Crippen molar-refractivity contribution in [3.05, 3.63) is 54.1 Å². The number of allylic oxidation sites excluding steroid dienone is 1. The quantitative estimate of drug-likeness (QED) is 0.249. The first kappa shape index (κ1) is 27.6. The molecule has 3 rings (SSSR count). The summed E-state index contributed by atoms with van der Waals surface area (Å²) in [7, 11) is 6.38. The van der Waals surface area contributed by atoms with E-state index < -0.39 is 12.2 Å². The number of hydrogen-bond donors (Lipinski definition) is 0. The molecule has 1 fully saturated rings. The molecule has 8 heteroatoms. The van der Waals surface area contributed by atoms with Gasteiger partial charge in [0.2, 0.25) is 5.75 Å². The van der Waals surface area contributed by atoms with Crippen molar-refractivity contribution < 1.29 is 37.9 Å². The van der Waals surface area contributed by atoms with Crippen LogP contribution >= 0.6 is 0 Å². The molecular formula is C28H38O8. The molecule has 198 valence electrons. The third kappa shape index (κ3) is 7.06. The Balaban J connectivity index is 1.94. The Bertz CT molecular complexity index is 945. The minimum absolute atomic E-state index is 0.118. The minimum atomic E-state index is -0.472. The molecule has 0 amide bonds. The molecule has 0 bridgehead atoms. The lowest BCUT2D eigenvalue weighted by atomic mass is 10.0. The topological polar surface area (TPSA) is 73.8 Å². The second-order valence-electron chi connectivity index (χ2n) is 8.46. The zero-order chi connectivity index (χ0) is 25.9. The van der Waals surface area contributed by atoms with E-state index in [9.17, 15) is 0 Å². The van der Waals surface area contributed by atoms with E-state index in [4.69, 9.17) is 37.9 Å². The number of rotatable bonds is 14. The van der Waals surface area contributed by atoms with Crippen LogP contribution in [0.3, 0.4) is 0 Å². The van der Waals surface area contributed by atoms with Crippen molar-refractivity contribution in [1.29, 1.82) is 0 Å². The van der Waals surface area contributed by atoms with E-state index in [0.717, 1.165) is 30.4 Å². The van der Waals surface area contributed by atoms with Gasteiger partial charge in [0, 0.05) is 13.7 Å². The van der Waals surface area contributed by atoms with E-state index in [1.807, 2.05) is 43.3 Å². The van der Waals surface area contributed by atoms with Gasteiger partial charge in [-0.3, -0.25) is 0 Å². The second-order valence-corrected chi connectivity index (χ2v) is 8.46. The second kappa shape index (κ2) is 14.0. The fourth-order valence-electron chi connectivity index (χ4n) is 4.13. The Labute approximate surface area is 214 Å². The number of ether oxygens (including phenoxy) is 8. The predicted molar refractivity (Wildman–Crippen MR) is 136 cm³/mol. The highest BCUT2D eigenvalue weighted by Crippen LogP contribution is 2.42. The van der Waals surface area contributed by atoms with Crippen molar-refractivity contribution >= 4 is 0 Å². The summed E-state index contributed by atoms with van der Waals surface area (Å²) in [6.45, 7) is 6.56. The molecule has 0 aromatic heterocycles. The van der Waals surface area contributed by atoms with Crippen LogP contribution in [0.15, 0.2) is 43.0 Å². The van der Waals surface area contributed by atoms with Crippen molar-refractivity contribution in [2.75, 3.05) is 41.8 Å². The lowest BCUT2D eigenvalue weighted by Crippen LogP contribution is -2.31. The SMILES string of the molecule is C=CCc1cc(OC)c(O[C@@H](C)[C@H](OC2CCCCO2)c2ccc(OCOC)c(OC)c2)c(OC)c1. The molecule has 0 spiro atoms. The monoisotopic (exact) mass is 502 g/mol. The van der Waals surface area contributed by atoms with Crippen LogP contribution in [0.1, 0.15) is 43.4 Å². The first-order valence-corrected chi connectivity index (χ1v) is 12.1. The van der Waals surface area contributed by atoms with E-state index in [0.29, 0.717) is 41.8 Å². The van der Waals surface area contributed by atoms with Gasteiger partial charge in [-0.1, -0.05) is 12.1 Å². The summed E-state index contributed by atoms with van der Waals surface area (Å²) in [5, 5.41) is 0. The molecule has 1 saturated heterocycles. The summed E-state index contributed by atoms with van der Waals surface area (Å²) < 4.78 is 46.4. The average molecular weight is 503 g/mol. The highest BCUT2D eigenvalue weighted by atomic mass is 16.7. The minimum Gasteiger partial charge on any atom is -0.493 e. The predicted octanol–water partition coefficient (Wildman–Crippen LogP) is 5.48. The summed E-state index contributed by atoms with van der Waals surface area (Å²) in [5.74, 6) is 2.80. The average Bonchev–Trinajstić information content (AvgIpc) is 2.91. The summed E-state index contributed by atoms with van der Waals surface area (Å²) in [5.41, 5.74) is 1.87. The summed E-state index contributed by atoms with van der Waals surface area (Å²) in [6.07, 6.45) is 4.18. The number of methoxy groups -OCH3 is 4. The molecule has 1 aliphatic heterocycles. The molecule has 1 unspecified atom stereocenters. The molecule has 0 aliphatic carbocycles. The Kier molecular flexibility index (Phi) is 10.7. The van der Waals surface area contributed by atoms with Gasteiger partial charge < -0.3 is 37.9 Å². The molecule has 1 aliphatic rings. The molecule has 2 aromatic carbocycles. The Morgan fingerprint density at radius 1 is 0.972 bits per heavy atom. The molecule has 36 heavy (non-hydrogen) atoms. The highest BCUT2D eigenvalue weighted by Gasteiger charge is 2.30. The van der Waals surface area contributed by atoms with Gasteiger partial charge in [0.05, 0.1) is 21.3 Å². The van der Waals surface area contributed by atoms with E-state index >= 15 is 0 Å². The lowest BCUT2D eigenvalue weighted by molar-refractivity contribution is -0.205. The summed E-state index contributed by atoms with van der Waals surface area (Å²) in [6, 6.07) is 9.51. The van der Waals surface area contributed by atoms with Gasteiger partial charge in [0.15, 0.2) is 36.1 Å². The maximum absolute atomic E-state index is 6.48. The van der Waals surface area contributed by atoms with E-state index in [1.165, 1.54) is 0 Å². The van der Waals surface area contributed by atoms with Crippen LogP contribution in [0.25, 0.3) is 0 Å². The van der Waals surface area contributed by atoms with Crippen molar-refractivity contribution in [2.45, 2.75) is 51.1 Å². The molecule has 0 saturated carbocycles. The Hall–Kier alpha value is -2.94. The smallest absolute Gasteiger partial charge is 0.203 e. The summed E-state index contributed by atoms with van der Waals surface area (Å²) >= 11 is 0. The third-order valence-electron chi connectivity index (χ3n) is 5.92.